The maximum absolute atomic E-state index is 12.5. The van der Waals surface area contributed by atoms with Crippen LogP contribution >= 0.6 is 11.6 Å². The van der Waals surface area contributed by atoms with Gasteiger partial charge < -0.3 is 5.32 Å². The fraction of sp³-hybridized carbons (Fsp3) is 0.176. The van der Waals surface area contributed by atoms with Gasteiger partial charge in [-0.3, -0.25) is 9.59 Å². The topological polar surface area (TPSA) is 81.8 Å². The standard InChI is InChI=1S/C17H16ClN5O2/c1-10-11(2)20-22(3)17(25)15(10)16(24)19-14-8-9-23(21-14)13-7-5-4-6-12(13)18/h4-9H,1-3H3,(H,19,21,24). The number of anilines is 1. The van der Waals surface area contributed by atoms with Crippen molar-refractivity contribution in [2.75, 3.05) is 5.32 Å². The van der Waals surface area contributed by atoms with Gasteiger partial charge in [0.25, 0.3) is 11.5 Å². The normalized spacial score (nSPS) is 10.7. The highest BCUT2D eigenvalue weighted by atomic mass is 35.5. The number of rotatable bonds is 3. The average molecular weight is 358 g/mol. The van der Waals surface area contributed by atoms with E-state index in [0.717, 1.165) is 4.68 Å². The summed E-state index contributed by atoms with van der Waals surface area (Å²) in [5.41, 5.74) is 1.46. The molecule has 0 aliphatic carbocycles. The summed E-state index contributed by atoms with van der Waals surface area (Å²) < 4.78 is 2.71. The maximum Gasteiger partial charge on any atom is 0.279 e. The minimum atomic E-state index is -0.520. The van der Waals surface area contributed by atoms with Crippen LogP contribution in [0.4, 0.5) is 5.82 Å². The van der Waals surface area contributed by atoms with Crippen molar-refractivity contribution in [3.05, 3.63) is 68.7 Å². The molecule has 3 aromatic rings. The van der Waals surface area contributed by atoms with Crippen molar-refractivity contribution in [2.24, 2.45) is 7.05 Å². The second-order valence-electron chi connectivity index (χ2n) is 5.57. The molecule has 0 bridgehead atoms. The van der Waals surface area contributed by atoms with Crippen molar-refractivity contribution in [3.8, 4) is 5.69 Å². The van der Waals surface area contributed by atoms with Crippen LogP contribution in [0.15, 0.2) is 41.3 Å². The number of para-hydroxylation sites is 1. The zero-order valence-corrected chi connectivity index (χ0v) is 14.7. The number of nitrogens with one attached hydrogen (secondary N) is 1. The molecular weight excluding hydrogens is 342 g/mol. The zero-order chi connectivity index (χ0) is 18.1. The number of aromatic nitrogens is 4. The molecule has 0 saturated heterocycles. The highest BCUT2D eigenvalue weighted by Gasteiger charge is 2.19. The third-order valence-electron chi connectivity index (χ3n) is 3.88. The lowest BCUT2D eigenvalue weighted by molar-refractivity contribution is 0.102. The number of amides is 1. The minimum Gasteiger partial charge on any atom is -0.305 e. The Balaban J connectivity index is 1.91. The Labute approximate surface area is 148 Å². The molecule has 1 aromatic carbocycles. The van der Waals surface area contributed by atoms with Gasteiger partial charge in [-0.25, -0.2) is 9.36 Å². The Kier molecular flexibility index (Phi) is 4.41. The van der Waals surface area contributed by atoms with Crippen LogP contribution in [0.3, 0.4) is 0 Å². The molecule has 8 heteroatoms. The number of hydrogen-bond donors (Lipinski definition) is 1. The van der Waals surface area contributed by atoms with E-state index >= 15 is 0 Å². The van der Waals surface area contributed by atoms with Gasteiger partial charge in [0.15, 0.2) is 5.82 Å². The maximum atomic E-state index is 12.5. The second-order valence-corrected chi connectivity index (χ2v) is 5.97. The predicted molar refractivity (Wildman–Crippen MR) is 95.5 cm³/mol. The first-order valence-electron chi connectivity index (χ1n) is 7.55. The van der Waals surface area contributed by atoms with Crippen molar-refractivity contribution in [1.29, 1.82) is 0 Å². The van der Waals surface area contributed by atoms with Crippen LogP contribution < -0.4 is 10.9 Å². The van der Waals surface area contributed by atoms with Gasteiger partial charge in [-0.05, 0) is 31.5 Å². The third kappa shape index (κ3) is 3.18. The van der Waals surface area contributed by atoms with Crippen LogP contribution in [-0.4, -0.2) is 25.5 Å². The smallest absolute Gasteiger partial charge is 0.279 e. The number of aryl methyl sites for hydroxylation is 2. The molecule has 0 spiro atoms. The Hall–Kier alpha value is -2.93. The Morgan fingerprint density at radius 2 is 1.88 bits per heavy atom. The predicted octanol–water partition coefficient (Wildman–Crippen LogP) is 2.49. The summed E-state index contributed by atoms with van der Waals surface area (Å²) in [6.45, 7) is 3.44. The van der Waals surface area contributed by atoms with Crippen molar-refractivity contribution in [1.82, 2.24) is 19.6 Å². The third-order valence-corrected chi connectivity index (χ3v) is 4.20. The molecule has 1 amide bonds. The van der Waals surface area contributed by atoms with E-state index in [9.17, 15) is 9.59 Å². The molecule has 0 aliphatic heterocycles. The van der Waals surface area contributed by atoms with Gasteiger partial charge in [-0.1, -0.05) is 23.7 Å². The first-order chi connectivity index (χ1) is 11.9. The average Bonchev–Trinajstić information content (AvgIpc) is 3.02. The van der Waals surface area contributed by atoms with E-state index in [1.54, 1.807) is 36.9 Å². The van der Waals surface area contributed by atoms with Crippen LogP contribution in [-0.2, 0) is 7.05 Å². The molecule has 25 heavy (non-hydrogen) atoms. The number of carbonyl (C=O) groups excluding carboxylic acids is 1. The van der Waals surface area contributed by atoms with E-state index < -0.39 is 11.5 Å². The quantitative estimate of drug-likeness (QED) is 0.780. The monoisotopic (exact) mass is 357 g/mol. The van der Waals surface area contributed by atoms with E-state index in [0.29, 0.717) is 27.8 Å². The second kappa shape index (κ2) is 6.52. The lowest BCUT2D eigenvalue weighted by atomic mass is 10.1. The number of benzene rings is 1. The SMILES string of the molecule is Cc1nn(C)c(=O)c(C(=O)Nc2ccn(-c3ccccc3Cl)n2)c1C. The van der Waals surface area contributed by atoms with Crippen molar-refractivity contribution in [2.45, 2.75) is 13.8 Å². The van der Waals surface area contributed by atoms with E-state index in [-0.39, 0.29) is 5.56 Å². The molecular formula is C17H16ClN5O2. The largest absolute Gasteiger partial charge is 0.305 e. The highest BCUT2D eigenvalue weighted by molar-refractivity contribution is 6.32. The van der Waals surface area contributed by atoms with Gasteiger partial charge in [0.2, 0.25) is 0 Å². The molecule has 128 valence electrons. The number of halogens is 1. The number of hydrogen-bond acceptors (Lipinski definition) is 4. The summed E-state index contributed by atoms with van der Waals surface area (Å²) in [4.78, 5) is 24.8. The molecule has 0 saturated carbocycles. The molecule has 0 radical (unpaired) electrons. The van der Waals surface area contributed by atoms with Gasteiger partial charge in [-0.2, -0.15) is 5.10 Å². The molecule has 2 heterocycles. The lowest BCUT2D eigenvalue weighted by Crippen LogP contribution is -2.31. The van der Waals surface area contributed by atoms with Gasteiger partial charge in [-0.15, -0.1) is 5.10 Å². The summed E-state index contributed by atoms with van der Waals surface area (Å²) in [5, 5.41) is 11.5. The number of carbonyl (C=O) groups is 1. The minimum absolute atomic E-state index is 0.0577. The van der Waals surface area contributed by atoms with E-state index in [1.165, 1.54) is 7.05 Å². The molecule has 0 fully saturated rings. The highest BCUT2D eigenvalue weighted by Crippen LogP contribution is 2.20. The summed E-state index contributed by atoms with van der Waals surface area (Å²) in [6, 6.07) is 8.86. The van der Waals surface area contributed by atoms with Gasteiger partial charge in [0.05, 0.1) is 16.4 Å². The Morgan fingerprint density at radius 1 is 1.16 bits per heavy atom. The molecule has 0 atom stereocenters. The Morgan fingerprint density at radius 3 is 2.60 bits per heavy atom. The molecule has 2 aromatic heterocycles. The molecule has 0 aliphatic rings. The first-order valence-corrected chi connectivity index (χ1v) is 7.92. The van der Waals surface area contributed by atoms with Crippen LogP contribution in [0.25, 0.3) is 5.69 Å². The van der Waals surface area contributed by atoms with Gasteiger partial charge in [0.1, 0.15) is 5.56 Å². The summed E-state index contributed by atoms with van der Waals surface area (Å²) in [7, 11) is 1.51. The van der Waals surface area contributed by atoms with Crippen LogP contribution in [0.1, 0.15) is 21.6 Å². The molecule has 1 N–H and O–H groups in total. The van der Waals surface area contributed by atoms with Crippen molar-refractivity contribution in [3.63, 3.8) is 0 Å². The van der Waals surface area contributed by atoms with Crippen LogP contribution in [0, 0.1) is 13.8 Å². The van der Waals surface area contributed by atoms with E-state index in [2.05, 4.69) is 15.5 Å². The summed E-state index contributed by atoms with van der Waals surface area (Å²) >= 11 is 6.15. The van der Waals surface area contributed by atoms with Crippen molar-refractivity contribution < 1.29 is 4.79 Å². The fourth-order valence-electron chi connectivity index (χ4n) is 2.46. The molecule has 3 rings (SSSR count). The van der Waals surface area contributed by atoms with Crippen molar-refractivity contribution >= 4 is 23.3 Å². The van der Waals surface area contributed by atoms with E-state index in [1.807, 2.05) is 18.2 Å². The van der Waals surface area contributed by atoms with Crippen LogP contribution in [0.5, 0.6) is 0 Å². The number of nitrogens with zero attached hydrogens (tertiary/aromatic N) is 4. The molecule has 7 nitrogen and oxygen atoms in total. The zero-order valence-electron chi connectivity index (χ0n) is 13.9. The van der Waals surface area contributed by atoms with E-state index in [4.69, 9.17) is 11.6 Å². The summed E-state index contributed by atoms with van der Waals surface area (Å²) in [6.07, 6.45) is 1.68. The molecule has 0 unspecified atom stereocenters. The summed E-state index contributed by atoms with van der Waals surface area (Å²) in [5.74, 6) is -0.200. The lowest BCUT2D eigenvalue weighted by Gasteiger charge is -2.09. The Bertz CT molecular complexity index is 1020. The van der Waals surface area contributed by atoms with Gasteiger partial charge >= 0.3 is 0 Å². The fourth-order valence-corrected chi connectivity index (χ4v) is 2.68. The van der Waals surface area contributed by atoms with Crippen LogP contribution in [0.2, 0.25) is 5.02 Å². The first kappa shape index (κ1) is 16.9. The van der Waals surface area contributed by atoms with Gasteiger partial charge in [0, 0.05) is 19.3 Å².